The predicted molar refractivity (Wildman–Crippen MR) is 64.3 cm³/mol. The van der Waals surface area contributed by atoms with Crippen LogP contribution in [0.4, 0.5) is 0 Å². The van der Waals surface area contributed by atoms with Crippen LogP contribution in [0.2, 0.25) is 5.54 Å². The summed E-state index contributed by atoms with van der Waals surface area (Å²) >= 11 is 0. The third-order valence-corrected chi connectivity index (χ3v) is 6.00. The quantitative estimate of drug-likeness (QED) is 0.738. The van der Waals surface area contributed by atoms with Gasteiger partial charge in [-0.25, -0.2) is 0 Å². The molecule has 0 saturated heterocycles. The molecule has 0 aromatic heterocycles. The average Bonchev–Trinajstić information content (AvgIpc) is 2.15. The fourth-order valence-electron chi connectivity index (χ4n) is 1.41. The summed E-state index contributed by atoms with van der Waals surface area (Å²) in [4.78, 5) is 10.3. The molecule has 1 N–H and O–H groups in total. The maximum atomic E-state index is 10.3. The van der Waals surface area contributed by atoms with E-state index >= 15 is 0 Å². The molecule has 2 atom stereocenters. The van der Waals surface area contributed by atoms with Gasteiger partial charge in [-0.15, -0.1) is 0 Å². The van der Waals surface area contributed by atoms with E-state index in [2.05, 4.69) is 27.7 Å². The summed E-state index contributed by atoms with van der Waals surface area (Å²) in [6, 6.07) is 10.1. The van der Waals surface area contributed by atoms with Crippen molar-refractivity contribution >= 4 is 14.2 Å². The molecule has 0 amide bonds. The zero-order valence-electron chi connectivity index (χ0n) is 9.49. The van der Waals surface area contributed by atoms with Gasteiger partial charge in [0.2, 0.25) is 9.04 Å². The van der Waals surface area contributed by atoms with E-state index in [0.717, 1.165) is 5.19 Å². The summed E-state index contributed by atoms with van der Waals surface area (Å²) < 4.78 is 0. The van der Waals surface area contributed by atoms with E-state index in [9.17, 15) is 4.80 Å². The summed E-state index contributed by atoms with van der Waals surface area (Å²) in [6.07, 6.45) is 0. The molecular weight excluding hydrogens is 188 g/mol. The van der Waals surface area contributed by atoms with E-state index in [1.54, 1.807) is 0 Å². The molecule has 0 radical (unpaired) electrons. The number of benzene rings is 1. The topological polar surface area (TPSA) is 20.2 Å². The molecule has 0 fully saturated rings. The fraction of sp³-hybridized carbons (Fsp3) is 0.500. The van der Waals surface area contributed by atoms with Crippen LogP contribution in [0.15, 0.2) is 30.3 Å². The van der Waals surface area contributed by atoms with Gasteiger partial charge in [0.15, 0.2) is 0 Å². The Morgan fingerprint density at radius 3 is 2.07 bits per heavy atom. The first-order chi connectivity index (χ1) is 6.43. The lowest BCUT2D eigenvalue weighted by Crippen LogP contribution is -2.39. The molecule has 14 heavy (non-hydrogen) atoms. The second kappa shape index (κ2) is 4.28. The van der Waals surface area contributed by atoms with Crippen molar-refractivity contribution in [2.45, 2.75) is 33.2 Å². The molecule has 0 bridgehead atoms. The van der Waals surface area contributed by atoms with Crippen LogP contribution in [0.1, 0.15) is 27.7 Å². The highest BCUT2D eigenvalue weighted by atomic mass is 28.3. The third-order valence-electron chi connectivity index (χ3n) is 2.98. The molecule has 2 heteroatoms. The van der Waals surface area contributed by atoms with Crippen molar-refractivity contribution < 1.29 is 4.80 Å². The minimum absolute atomic E-state index is 0.196. The Balaban J connectivity index is 2.81. The normalized spacial score (nSPS) is 16.4. The molecule has 2 unspecified atom stereocenters. The van der Waals surface area contributed by atoms with Gasteiger partial charge in [0.1, 0.15) is 0 Å². The van der Waals surface area contributed by atoms with Crippen molar-refractivity contribution in [1.29, 1.82) is 0 Å². The van der Waals surface area contributed by atoms with E-state index in [1.165, 1.54) is 0 Å². The van der Waals surface area contributed by atoms with Crippen LogP contribution in [-0.2, 0) is 0 Å². The highest BCUT2D eigenvalue weighted by Crippen LogP contribution is 2.31. The summed E-state index contributed by atoms with van der Waals surface area (Å²) in [5.74, 6) is 0. The molecular formula is C12H20OSi. The van der Waals surface area contributed by atoms with E-state index in [4.69, 9.17) is 0 Å². The van der Waals surface area contributed by atoms with Crippen LogP contribution in [0.25, 0.3) is 0 Å². The van der Waals surface area contributed by atoms with Crippen molar-refractivity contribution in [1.82, 2.24) is 0 Å². The van der Waals surface area contributed by atoms with E-state index < -0.39 is 9.04 Å². The summed E-state index contributed by atoms with van der Waals surface area (Å²) in [6.45, 7) is 8.73. The molecule has 0 aliphatic heterocycles. The van der Waals surface area contributed by atoms with Gasteiger partial charge in [-0.2, -0.15) is 0 Å². The minimum Gasteiger partial charge on any atom is -0.430 e. The van der Waals surface area contributed by atoms with Crippen molar-refractivity contribution in [2.24, 2.45) is 5.41 Å². The fourth-order valence-corrected chi connectivity index (χ4v) is 3.55. The van der Waals surface area contributed by atoms with Crippen LogP contribution >= 0.6 is 0 Å². The molecule has 0 aliphatic rings. The smallest absolute Gasteiger partial charge is 0.207 e. The molecule has 1 aromatic carbocycles. The van der Waals surface area contributed by atoms with Crippen LogP contribution in [0, 0.1) is 5.41 Å². The van der Waals surface area contributed by atoms with Crippen molar-refractivity contribution in [2.75, 3.05) is 0 Å². The van der Waals surface area contributed by atoms with Crippen LogP contribution in [0.5, 0.6) is 0 Å². The molecule has 0 saturated carbocycles. The third kappa shape index (κ3) is 2.69. The van der Waals surface area contributed by atoms with Gasteiger partial charge in [-0.3, -0.25) is 0 Å². The maximum Gasteiger partial charge on any atom is 0.207 e. The first-order valence-electron chi connectivity index (χ1n) is 5.16. The van der Waals surface area contributed by atoms with Crippen molar-refractivity contribution in [3.05, 3.63) is 30.3 Å². The predicted octanol–water partition coefficient (Wildman–Crippen LogP) is 2.05. The van der Waals surface area contributed by atoms with E-state index in [-0.39, 0.29) is 5.41 Å². The van der Waals surface area contributed by atoms with Crippen LogP contribution in [0.3, 0.4) is 0 Å². The first-order valence-corrected chi connectivity index (χ1v) is 6.92. The van der Waals surface area contributed by atoms with Gasteiger partial charge in [-0.05, 0) is 16.1 Å². The Bertz CT molecular complexity index is 276. The van der Waals surface area contributed by atoms with Gasteiger partial charge < -0.3 is 4.80 Å². The van der Waals surface area contributed by atoms with Crippen molar-refractivity contribution in [3.8, 4) is 0 Å². The Labute approximate surface area is 88.5 Å². The maximum absolute atomic E-state index is 10.3. The molecule has 1 aromatic rings. The lowest BCUT2D eigenvalue weighted by Gasteiger charge is -2.30. The molecule has 0 aliphatic carbocycles. The molecule has 0 spiro atoms. The first kappa shape index (κ1) is 11.5. The van der Waals surface area contributed by atoms with E-state index in [0.29, 0.717) is 5.54 Å². The summed E-state index contributed by atoms with van der Waals surface area (Å²) in [5.41, 5.74) is 0.589. The van der Waals surface area contributed by atoms with Gasteiger partial charge in [0.05, 0.1) is 0 Å². The summed E-state index contributed by atoms with van der Waals surface area (Å²) in [5, 5.41) is 1.15. The molecule has 0 heterocycles. The number of hydrogen-bond donors (Lipinski definition) is 1. The second-order valence-electron chi connectivity index (χ2n) is 5.01. The monoisotopic (exact) mass is 208 g/mol. The van der Waals surface area contributed by atoms with Gasteiger partial charge in [0.25, 0.3) is 0 Å². The Kier molecular flexibility index (Phi) is 3.51. The molecule has 78 valence electrons. The van der Waals surface area contributed by atoms with Crippen molar-refractivity contribution in [3.63, 3.8) is 0 Å². The van der Waals surface area contributed by atoms with Gasteiger partial charge in [0, 0.05) is 0 Å². The van der Waals surface area contributed by atoms with Gasteiger partial charge >= 0.3 is 0 Å². The Morgan fingerprint density at radius 2 is 1.64 bits per heavy atom. The molecule has 1 nitrogen and oxygen atoms in total. The highest BCUT2D eigenvalue weighted by Gasteiger charge is 2.29. The SMILES string of the molecule is CC([SiH](O)c1ccccc1)C(C)(C)C. The van der Waals surface area contributed by atoms with Crippen LogP contribution in [-0.4, -0.2) is 13.8 Å². The Morgan fingerprint density at radius 1 is 1.14 bits per heavy atom. The number of rotatable bonds is 2. The van der Waals surface area contributed by atoms with Crippen LogP contribution < -0.4 is 5.19 Å². The average molecular weight is 208 g/mol. The van der Waals surface area contributed by atoms with E-state index in [1.807, 2.05) is 30.3 Å². The minimum atomic E-state index is -1.78. The summed E-state index contributed by atoms with van der Waals surface area (Å²) in [7, 11) is -1.78. The Hall–Kier alpha value is -0.603. The zero-order valence-corrected chi connectivity index (χ0v) is 10.6. The van der Waals surface area contributed by atoms with Gasteiger partial charge in [-0.1, -0.05) is 58.0 Å². The zero-order chi connectivity index (χ0) is 10.8. The lowest BCUT2D eigenvalue weighted by molar-refractivity contribution is 0.368. The largest absolute Gasteiger partial charge is 0.430 e. The lowest BCUT2D eigenvalue weighted by atomic mass is 9.93. The highest BCUT2D eigenvalue weighted by molar-refractivity contribution is 6.67. The number of hydrogen-bond acceptors (Lipinski definition) is 1. The molecule has 1 rings (SSSR count). The second-order valence-corrected chi connectivity index (χ2v) is 7.57. The standard InChI is InChI=1S/C12H20OSi/c1-10(12(2,3)4)14(13)11-8-6-5-7-9-11/h5-10,13-14H,1-4H3.